The Bertz CT molecular complexity index is 1360. The van der Waals surface area contributed by atoms with Crippen molar-refractivity contribution in [1.29, 1.82) is 0 Å². The molecule has 7 heteroatoms. The third-order valence-corrected chi connectivity index (χ3v) is 6.69. The molecule has 1 unspecified atom stereocenters. The van der Waals surface area contributed by atoms with Gasteiger partial charge in [0.25, 0.3) is 0 Å². The predicted octanol–water partition coefficient (Wildman–Crippen LogP) is 6.04. The SMILES string of the molecule is COc1cc(C(O)(c2c(C)oc3c(-c4ccc(O)cc4)c(OC)ccc23)C(C)C)cc(OC)c1OC. The maximum absolute atomic E-state index is 12.5. The van der Waals surface area contributed by atoms with E-state index >= 15 is 0 Å². The Kier molecular flexibility index (Phi) is 6.78. The summed E-state index contributed by atoms with van der Waals surface area (Å²) in [4.78, 5) is 0. The molecule has 4 rings (SSSR count). The largest absolute Gasteiger partial charge is 0.508 e. The zero-order chi connectivity index (χ0) is 26.2. The molecule has 7 nitrogen and oxygen atoms in total. The fraction of sp³-hybridized carbons (Fsp3) is 0.310. The molecule has 0 aliphatic heterocycles. The van der Waals surface area contributed by atoms with E-state index in [0.29, 0.717) is 45.5 Å². The lowest BCUT2D eigenvalue weighted by atomic mass is 9.76. The van der Waals surface area contributed by atoms with Gasteiger partial charge >= 0.3 is 0 Å². The topological polar surface area (TPSA) is 90.5 Å². The molecular weight excluding hydrogens is 460 g/mol. The number of fused-ring (bicyclic) bond motifs is 1. The first kappa shape index (κ1) is 25.3. The number of furan rings is 1. The van der Waals surface area contributed by atoms with Crippen molar-refractivity contribution >= 4 is 11.0 Å². The van der Waals surface area contributed by atoms with Gasteiger partial charge in [-0.3, -0.25) is 0 Å². The Balaban J connectivity index is 2.05. The minimum Gasteiger partial charge on any atom is -0.508 e. The molecule has 0 aliphatic rings. The van der Waals surface area contributed by atoms with Gasteiger partial charge in [-0.05, 0) is 60.4 Å². The van der Waals surface area contributed by atoms with Gasteiger partial charge in [-0.1, -0.05) is 26.0 Å². The molecule has 4 aromatic rings. The van der Waals surface area contributed by atoms with E-state index in [-0.39, 0.29) is 11.7 Å². The van der Waals surface area contributed by atoms with Gasteiger partial charge in [0, 0.05) is 10.9 Å². The number of hydrogen-bond acceptors (Lipinski definition) is 7. The number of benzene rings is 3. The van der Waals surface area contributed by atoms with Crippen LogP contribution in [0.3, 0.4) is 0 Å². The summed E-state index contributed by atoms with van der Waals surface area (Å²) < 4.78 is 28.6. The van der Waals surface area contributed by atoms with E-state index in [4.69, 9.17) is 23.4 Å². The molecule has 2 N–H and O–H groups in total. The van der Waals surface area contributed by atoms with Crippen molar-refractivity contribution in [1.82, 2.24) is 0 Å². The van der Waals surface area contributed by atoms with Crippen molar-refractivity contribution in [3.8, 4) is 39.9 Å². The molecule has 0 bridgehead atoms. The number of hydrogen-bond donors (Lipinski definition) is 2. The number of phenolic OH excluding ortho intramolecular Hbond substituents is 1. The van der Waals surface area contributed by atoms with E-state index in [9.17, 15) is 10.2 Å². The van der Waals surface area contributed by atoms with Crippen LogP contribution in [0.15, 0.2) is 52.9 Å². The summed E-state index contributed by atoms with van der Waals surface area (Å²) in [5.41, 5.74) is 1.91. The molecule has 0 saturated carbocycles. The maximum Gasteiger partial charge on any atom is 0.203 e. The number of aliphatic hydroxyl groups is 1. The monoisotopic (exact) mass is 492 g/mol. The number of aromatic hydroxyl groups is 1. The van der Waals surface area contributed by atoms with E-state index in [1.807, 2.05) is 32.9 Å². The van der Waals surface area contributed by atoms with Crippen LogP contribution in [0.4, 0.5) is 0 Å². The van der Waals surface area contributed by atoms with Crippen LogP contribution in [0, 0.1) is 12.8 Å². The smallest absolute Gasteiger partial charge is 0.203 e. The second-order valence-corrected chi connectivity index (χ2v) is 8.93. The Morgan fingerprint density at radius 3 is 1.89 bits per heavy atom. The van der Waals surface area contributed by atoms with Gasteiger partial charge < -0.3 is 33.6 Å². The first-order chi connectivity index (χ1) is 17.2. The first-order valence-corrected chi connectivity index (χ1v) is 11.6. The summed E-state index contributed by atoms with van der Waals surface area (Å²) in [5, 5.41) is 23.0. The summed E-state index contributed by atoms with van der Waals surface area (Å²) >= 11 is 0. The summed E-state index contributed by atoms with van der Waals surface area (Å²) in [5.74, 6) is 2.45. The van der Waals surface area contributed by atoms with Crippen LogP contribution in [0.1, 0.15) is 30.7 Å². The highest BCUT2D eigenvalue weighted by molar-refractivity contribution is 5.99. The highest BCUT2D eigenvalue weighted by Gasteiger charge is 2.41. The Labute approximate surface area is 210 Å². The quantitative estimate of drug-likeness (QED) is 0.310. The Morgan fingerprint density at radius 2 is 1.39 bits per heavy atom. The first-order valence-electron chi connectivity index (χ1n) is 11.6. The highest BCUT2D eigenvalue weighted by Crippen LogP contribution is 2.50. The number of methoxy groups -OCH3 is 4. The second kappa shape index (κ2) is 9.66. The summed E-state index contributed by atoms with van der Waals surface area (Å²) in [7, 11) is 6.23. The van der Waals surface area contributed by atoms with Crippen LogP contribution < -0.4 is 18.9 Å². The molecule has 0 aliphatic carbocycles. The van der Waals surface area contributed by atoms with Gasteiger partial charge in [-0.25, -0.2) is 0 Å². The average molecular weight is 493 g/mol. The molecule has 0 amide bonds. The predicted molar refractivity (Wildman–Crippen MR) is 139 cm³/mol. The minimum absolute atomic E-state index is 0.165. The van der Waals surface area contributed by atoms with Crippen LogP contribution in [0.5, 0.6) is 28.7 Å². The Morgan fingerprint density at radius 1 is 0.806 bits per heavy atom. The molecule has 1 atom stereocenters. The summed E-state index contributed by atoms with van der Waals surface area (Å²) in [6, 6.07) is 14.1. The fourth-order valence-corrected chi connectivity index (χ4v) is 4.87. The average Bonchev–Trinajstić information content (AvgIpc) is 3.23. The normalized spacial score (nSPS) is 13.0. The number of ether oxygens (including phenoxy) is 4. The van der Waals surface area contributed by atoms with Crippen molar-refractivity contribution in [3.05, 3.63) is 65.4 Å². The molecule has 0 saturated heterocycles. The molecule has 0 radical (unpaired) electrons. The molecule has 1 aromatic heterocycles. The van der Waals surface area contributed by atoms with Crippen LogP contribution in [0.2, 0.25) is 0 Å². The lowest BCUT2D eigenvalue weighted by molar-refractivity contribution is 0.0311. The number of phenols is 1. The van der Waals surface area contributed by atoms with Crippen molar-refractivity contribution < 1.29 is 33.6 Å². The van der Waals surface area contributed by atoms with Gasteiger partial charge in [0.2, 0.25) is 5.75 Å². The zero-order valence-corrected chi connectivity index (χ0v) is 21.6. The lowest BCUT2D eigenvalue weighted by Crippen LogP contribution is -2.34. The van der Waals surface area contributed by atoms with Gasteiger partial charge in [0.05, 0.1) is 34.0 Å². The lowest BCUT2D eigenvalue weighted by Gasteiger charge is -2.34. The van der Waals surface area contributed by atoms with E-state index in [1.165, 1.54) is 0 Å². The minimum atomic E-state index is -1.46. The number of rotatable bonds is 8. The van der Waals surface area contributed by atoms with Gasteiger partial charge in [-0.2, -0.15) is 0 Å². The molecule has 1 heterocycles. The van der Waals surface area contributed by atoms with Crippen LogP contribution in [-0.2, 0) is 5.60 Å². The third-order valence-electron chi connectivity index (χ3n) is 6.69. The van der Waals surface area contributed by atoms with E-state index in [1.54, 1.807) is 64.8 Å². The van der Waals surface area contributed by atoms with Gasteiger partial charge in [0.1, 0.15) is 28.4 Å². The fourth-order valence-electron chi connectivity index (χ4n) is 4.87. The summed E-state index contributed by atoms with van der Waals surface area (Å²) in [6.45, 7) is 5.74. The van der Waals surface area contributed by atoms with Gasteiger partial charge in [0.15, 0.2) is 11.5 Å². The second-order valence-electron chi connectivity index (χ2n) is 8.93. The van der Waals surface area contributed by atoms with Crippen LogP contribution >= 0.6 is 0 Å². The van der Waals surface area contributed by atoms with Crippen LogP contribution in [0.25, 0.3) is 22.1 Å². The molecule has 190 valence electrons. The summed E-state index contributed by atoms with van der Waals surface area (Å²) in [6.07, 6.45) is 0. The van der Waals surface area contributed by atoms with Crippen molar-refractivity contribution in [3.63, 3.8) is 0 Å². The number of aryl methyl sites for hydroxylation is 1. The van der Waals surface area contributed by atoms with E-state index in [2.05, 4.69) is 0 Å². The Hall–Kier alpha value is -3.84. The molecule has 3 aromatic carbocycles. The van der Waals surface area contributed by atoms with Crippen molar-refractivity contribution in [2.75, 3.05) is 28.4 Å². The van der Waals surface area contributed by atoms with Crippen LogP contribution in [-0.4, -0.2) is 38.7 Å². The molecular formula is C29H32O7. The highest BCUT2D eigenvalue weighted by atomic mass is 16.5. The molecule has 0 fully saturated rings. The van der Waals surface area contributed by atoms with E-state index < -0.39 is 5.60 Å². The zero-order valence-electron chi connectivity index (χ0n) is 21.6. The third kappa shape index (κ3) is 3.89. The standard InChI is InChI=1S/C29H32O7/c1-16(2)29(31,19-14-23(33-5)28(35-7)24(15-19)34-6)26-17(3)36-27-21(26)12-13-22(32-4)25(27)18-8-10-20(30)11-9-18/h8-16,30-31H,1-7H3. The maximum atomic E-state index is 12.5. The van der Waals surface area contributed by atoms with Crippen molar-refractivity contribution in [2.24, 2.45) is 5.92 Å². The van der Waals surface area contributed by atoms with E-state index in [0.717, 1.165) is 16.5 Å². The van der Waals surface area contributed by atoms with Crippen molar-refractivity contribution in [2.45, 2.75) is 26.4 Å². The van der Waals surface area contributed by atoms with Gasteiger partial charge in [-0.15, -0.1) is 0 Å². The molecule has 0 spiro atoms. The molecule has 36 heavy (non-hydrogen) atoms.